The van der Waals surface area contributed by atoms with Crippen molar-refractivity contribution in [2.24, 2.45) is 0 Å². The minimum atomic E-state index is -0.385. The fourth-order valence-electron chi connectivity index (χ4n) is 1.76. The molecule has 1 fully saturated rings. The van der Waals surface area contributed by atoms with Crippen LogP contribution < -0.4 is 5.32 Å². The molecule has 1 atom stereocenters. The Kier molecular flexibility index (Phi) is 3.24. The second-order valence-electron chi connectivity index (χ2n) is 3.93. The molecule has 0 aromatic carbocycles. The van der Waals surface area contributed by atoms with Crippen molar-refractivity contribution in [1.29, 1.82) is 0 Å². The number of piperazine rings is 1. The van der Waals surface area contributed by atoms with Crippen molar-refractivity contribution in [3.63, 3.8) is 0 Å². The minimum absolute atomic E-state index is 0.00910. The van der Waals surface area contributed by atoms with Gasteiger partial charge in [-0.05, 0) is 35.7 Å². The predicted octanol–water partition coefficient (Wildman–Crippen LogP) is 0.637. The number of rotatable bonds is 3. The third-order valence-corrected chi connectivity index (χ3v) is 3.38. The first-order chi connectivity index (χ1) is 7.66. The van der Waals surface area contributed by atoms with Gasteiger partial charge in [-0.3, -0.25) is 9.59 Å². The number of hydrogen-bond donors (Lipinski definition) is 1. The van der Waals surface area contributed by atoms with Crippen LogP contribution in [0.5, 0.6) is 0 Å². The summed E-state index contributed by atoms with van der Waals surface area (Å²) in [5.74, 6) is -0.0627. The molecule has 86 valence electrons. The highest BCUT2D eigenvalue weighted by molar-refractivity contribution is 7.07. The van der Waals surface area contributed by atoms with Gasteiger partial charge < -0.3 is 10.2 Å². The van der Waals surface area contributed by atoms with E-state index in [-0.39, 0.29) is 24.4 Å². The smallest absolute Gasteiger partial charge is 0.245 e. The van der Waals surface area contributed by atoms with Crippen molar-refractivity contribution in [3.05, 3.63) is 22.4 Å². The SMILES string of the molecule is CC1NC(=O)CN(CCc2ccsc2)C1=O. The number of carbonyl (C=O) groups excluding carboxylic acids is 2. The van der Waals surface area contributed by atoms with E-state index in [0.29, 0.717) is 6.54 Å². The molecule has 0 bridgehead atoms. The molecule has 1 aliphatic rings. The first kappa shape index (κ1) is 11.1. The molecule has 0 aliphatic carbocycles. The number of nitrogens with one attached hydrogen (secondary N) is 1. The Morgan fingerprint density at radius 2 is 2.38 bits per heavy atom. The van der Waals surface area contributed by atoms with E-state index in [1.165, 1.54) is 5.56 Å². The standard InChI is InChI=1S/C11H14N2O2S/c1-8-11(15)13(6-10(14)12-8)4-2-9-3-5-16-7-9/h3,5,7-8H,2,4,6H2,1H3,(H,12,14). The molecule has 2 heterocycles. The first-order valence-electron chi connectivity index (χ1n) is 5.26. The van der Waals surface area contributed by atoms with E-state index in [2.05, 4.69) is 10.7 Å². The van der Waals surface area contributed by atoms with E-state index < -0.39 is 0 Å². The second-order valence-corrected chi connectivity index (χ2v) is 4.71. The highest BCUT2D eigenvalue weighted by atomic mass is 32.1. The molecule has 0 spiro atoms. The van der Waals surface area contributed by atoms with Crippen LogP contribution in [0.2, 0.25) is 0 Å². The van der Waals surface area contributed by atoms with Gasteiger partial charge in [0.05, 0.1) is 6.54 Å². The summed E-state index contributed by atoms with van der Waals surface area (Å²) in [4.78, 5) is 24.7. The lowest BCUT2D eigenvalue weighted by Gasteiger charge is -2.30. The van der Waals surface area contributed by atoms with Crippen LogP contribution in [0, 0.1) is 0 Å². The molecule has 0 saturated carbocycles. The number of hydrogen-bond acceptors (Lipinski definition) is 3. The molecule has 4 nitrogen and oxygen atoms in total. The van der Waals surface area contributed by atoms with Crippen LogP contribution in [0.25, 0.3) is 0 Å². The third-order valence-electron chi connectivity index (χ3n) is 2.64. The van der Waals surface area contributed by atoms with Gasteiger partial charge in [0.2, 0.25) is 11.8 Å². The maximum atomic E-state index is 11.7. The van der Waals surface area contributed by atoms with Gasteiger partial charge in [-0.25, -0.2) is 0 Å². The van der Waals surface area contributed by atoms with E-state index in [4.69, 9.17) is 0 Å². The van der Waals surface area contributed by atoms with E-state index in [9.17, 15) is 9.59 Å². The van der Waals surface area contributed by atoms with Crippen molar-refractivity contribution in [1.82, 2.24) is 10.2 Å². The molecule has 1 aromatic rings. The number of nitrogens with zero attached hydrogens (tertiary/aromatic N) is 1. The lowest BCUT2D eigenvalue weighted by molar-refractivity contribution is -0.143. The topological polar surface area (TPSA) is 49.4 Å². The molecule has 5 heteroatoms. The molecular weight excluding hydrogens is 224 g/mol. The van der Waals surface area contributed by atoms with E-state index in [1.54, 1.807) is 23.2 Å². The van der Waals surface area contributed by atoms with Crippen LogP contribution in [0.15, 0.2) is 16.8 Å². The molecule has 1 aliphatic heterocycles. The van der Waals surface area contributed by atoms with Crippen LogP contribution in [-0.4, -0.2) is 35.8 Å². The zero-order chi connectivity index (χ0) is 11.5. The molecule has 1 aromatic heterocycles. The first-order valence-corrected chi connectivity index (χ1v) is 6.20. The summed E-state index contributed by atoms with van der Waals surface area (Å²) in [6.07, 6.45) is 0.815. The van der Waals surface area contributed by atoms with Gasteiger partial charge in [-0.15, -0.1) is 0 Å². The van der Waals surface area contributed by atoms with E-state index in [1.807, 2.05) is 11.4 Å². The molecule has 1 saturated heterocycles. The number of carbonyl (C=O) groups is 2. The highest BCUT2D eigenvalue weighted by Gasteiger charge is 2.28. The average Bonchev–Trinajstić information content (AvgIpc) is 2.74. The van der Waals surface area contributed by atoms with Crippen LogP contribution in [-0.2, 0) is 16.0 Å². The minimum Gasteiger partial charge on any atom is -0.343 e. The second kappa shape index (κ2) is 4.65. The van der Waals surface area contributed by atoms with Gasteiger partial charge >= 0.3 is 0 Å². The Hall–Kier alpha value is -1.36. The Bertz CT molecular complexity index is 389. The number of thiophene rings is 1. The summed E-state index contributed by atoms with van der Waals surface area (Å²) in [6.45, 7) is 2.53. The summed E-state index contributed by atoms with van der Waals surface area (Å²) in [5, 5.41) is 6.71. The lowest BCUT2D eigenvalue weighted by Crippen LogP contribution is -2.57. The van der Waals surface area contributed by atoms with Gasteiger partial charge in [-0.2, -0.15) is 11.3 Å². The molecule has 1 N–H and O–H groups in total. The maximum Gasteiger partial charge on any atom is 0.245 e. The molecule has 1 unspecified atom stereocenters. The molecule has 16 heavy (non-hydrogen) atoms. The van der Waals surface area contributed by atoms with Crippen molar-refractivity contribution < 1.29 is 9.59 Å². The summed E-state index contributed by atoms with van der Waals surface area (Å²) < 4.78 is 0. The zero-order valence-corrected chi connectivity index (χ0v) is 9.92. The Labute approximate surface area is 98.3 Å². The molecular formula is C11H14N2O2S. The Balaban J connectivity index is 1.93. The summed E-state index contributed by atoms with van der Waals surface area (Å²) in [5.41, 5.74) is 1.22. The van der Waals surface area contributed by atoms with Gasteiger partial charge in [0.1, 0.15) is 6.04 Å². The molecule has 0 radical (unpaired) electrons. The summed E-state index contributed by atoms with van der Waals surface area (Å²) in [6, 6.07) is 1.66. The number of amides is 2. The Morgan fingerprint density at radius 3 is 3.06 bits per heavy atom. The fourth-order valence-corrected chi connectivity index (χ4v) is 2.47. The summed E-state index contributed by atoms with van der Waals surface area (Å²) in [7, 11) is 0. The average molecular weight is 238 g/mol. The Morgan fingerprint density at radius 1 is 1.56 bits per heavy atom. The maximum absolute atomic E-state index is 11.7. The van der Waals surface area contributed by atoms with Crippen molar-refractivity contribution in [2.45, 2.75) is 19.4 Å². The van der Waals surface area contributed by atoms with Crippen molar-refractivity contribution >= 4 is 23.2 Å². The van der Waals surface area contributed by atoms with E-state index in [0.717, 1.165) is 6.42 Å². The van der Waals surface area contributed by atoms with Gasteiger partial charge in [0, 0.05) is 6.54 Å². The van der Waals surface area contributed by atoms with Gasteiger partial charge in [0.15, 0.2) is 0 Å². The fraction of sp³-hybridized carbons (Fsp3) is 0.455. The predicted molar refractivity (Wildman–Crippen MR) is 62.2 cm³/mol. The zero-order valence-electron chi connectivity index (χ0n) is 9.10. The van der Waals surface area contributed by atoms with E-state index >= 15 is 0 Å². The van der Waals surface area contributed by atoms with Crippen LogP contribution in [0.1, 0.15) is 12.5 Å². The largest absolute Gasteiger partial charge is 0.343 e. The van der Waals surface area contributed by atoms with Crippen LogP contribution >= 0.6 is 11.3 Å². The lowest BCUT2D eigenvalue weighted by atomic mass is 10.2. The molecule has 2 rings (SSSR count). The van der Waals surface area contributed by atoms with Gasteiger partial charge in [0.25, 0.3) is 0 Å². The molecule has 2 amide bonds. The normalized spacial score (nSPS) is 21.1. The summed E-state index contributed by atoms with van der Waals surface area (Å²) >= 11 is 1.65. The van der Waals surface area contributed by atoms with Crippen molar-refractivity contribution in [2.75, 3.05) is 13.1 Å². The van der Waals surface area contributed by atoms with Crippen LogP contribution in [0.4, 0.5) is 0 Å². The van der Waals surface area contributed by atoms with Crippen molar-refractivity contribution in [3.8, 4) is 0 Å². The third kappa shape index (κ3) is 2.41. The monoisotopic (exact) mass is 238 g/mol. The highest BCUT2D eigenvalue weighted by Crippen LogP contribution is 2.09. The van der Waals surface area contributed by atoms with Crippen LogP contribution in [0.3, 0.4) is 0 Å². The quantitative estimate of drug-likeness (QED) is 0.840. The van der Waals surface area contributed by atoms with Gasteiger partial charge in [-0.1, -0.05) is 0 Å².